The van der Waals surface area contributed by atoms with Gasteiger partial charge in [-0.2, -0.15) is 0 Å². The third-order valence-electron chi connectivity index (χ3n) is 3.43. The first kappa shape index (κ1) is 14.4. The Balaban J connectivity index is 2.62. The van der Waals surface area contributed by atoms with E-state index in [-0.39, 0.29) is 0 Å². The topological polar surface area (TPSA) is 12.0 Å². The van der Waals surface area contributed by atoms with Crippen LogP contribution in [-0.2, 0) is 0 Å². The number of anilines is 1. The average molecular weight is 254 g/mol. The summed E-state index contributed by atoms with van der Waals surface area (Å²) in [5.41, 5.74) is 2.24. The van der Waals surface area contributed by atoms with Gasteiger partial charge in [0.1, 0.15) is 0 Å². The molecule has 0 saturated carbocycles. The van der Waals surface area contributed by atoms with Gasteiger partial charge in [-0.25, -0.2) is 0 Å². The average Bonchev–Trinajstić information content (AvgIpc) is 2.22. The lowest BCUT2D eigenvalue weighted by Crippen LogP contribution is -2.24. The Hall–Kier alpha value is -0.690. The summed E-state index contributed by atoms with van der Waals surface area (Å²) in [5.74, 6) is 2.09. The van der Waals surface area contributed by atoms with Gasteiger partial charge < -0.3 is 5.32 Å². The molecular formula is C15H24ClN. The molecule has 0 aromatic heterocycles. The van der Waals surface area contributed by atoms with Crippen LogP contribution in [0.2, 0.25) is 5.02 Å². The van der Waals surface area contributed by atoms with Gasteiger partial charge >= 0.3 is 0 Å². The molecule has 2 heteroatoms. The van der Waals surface area contributed by atoms with Crippen molar-refractivity contribution in [2.75, 3.05) is 11.9 Å². The maximum Gasteiger partial charge on any atom is 0.0455 e. The molecule has 1 aromatic rings. The minimum Gasteiger partial charge on any atom is -0.385 e. The van der Waals surface area contributed by atoms with E-state index in [4.69, 9.17) is 11.6 Å². The molecule has 1 rings (SSSR count). The third kappa shape index (κ3) is 4.23. The van der Waals surface area contributed by atoms with Crippen molar-refractivity contribution in [1.82, 2.24) is 0 Å². The number of nitrogens with one attached hydrogen (secondary N) is 1. The van der Waals surface area contributed by atoms with Crippen molar-refractivity contribution in [2.24, 2.45) is 17.8 Å². The van der Waals surface area contributed by atoms with Gasteiger partial charge in [-0.05, 0) is 42.4 Å². The Morgan fingerprint density at radius 1 is 1.12 bits per heavy atom. The van der Waals surface area contributed by atoms with Crippen LogP contribution in [0.1, 0.15) is 33.3 Å². The molecule has 0 atom stereocenters. The first-order valence-corrected chi connectivity index (χ1v) is 6.79. The summed E-state index contributed by atoms with van der Waals surface area (Å²) in [5, 5.41) is 4.32. The van der Waals surface area contributed by atoms with Crippen molar-refractivity contribution in [3.8, 4) is 0 Å². The minimum absolute atomic E-state index is 0.690. The zero-order valence-corrected chi connectivity index (χ0v) is 12.3. The molecule has 0 aliphatic rings. The quantitative estimate of drug-likeness (QED) is 0.780. The molecule has 0 saturated heterocycles. The lowest BCUT2D eigenvalue weighted by atomic mass is 9.85. The number of aryl methyl sites for hydroxylation is 1. The van der Waals surface area contributed by atoms with Gasteiger partial charge in [0, 0.05) is 17.3 Å². The molecule has 0 amide bonds. The summed E-state index contributed by atoms with van der Waals surface area (Å²) in [6, 6.07) is 6.16. The van der Waals surface area contributed by atoms with Gasteiger partial charge in [-0.3, -0.25) is 0 Å². The molecule has 96 valence electrons. The second kappa shape index (κ2) is 6.30. The van der Waals surface area contributed by atoms with Crippen molar-refractivity contribution in [3.63, 3.8) is 0 Å². The predicted molar refractivity (Wildman–Crippen MR) is 77.8 cm³/mol. The van der Waals surface area contributed by atoms with Crippen molar-refractivity contribution in [1.29, 1.82) is 0 Å². The number of rotatable bonds is 5. The summed E-state index contributed by atoms with van der Waals surface area (Å²) in [7, 11) is 0. The van der Waals surface area contributed by atoms with Crippen LogP contribution in [0.15, 0.2) is 18.2 Å². The molecule has 0 aliphatic carbocycles. The summed E-state index contributed by atoms with van der Waals surface area (Å²) in [6.07, 6.45) is 0. The molecule has 0 bridgehead atoms. The number of hydrogen-bond acceptors (Lipinski definition) is 1. The van der Waals surface area contributed by atoms with Gasteiger partial charge in [0.25, 0.3) is 0 Å². The van der Waals surface area contributed by atoms with Crippen molar-refractivity contribution in [3.05, 3.63) is 28.8 Å². The predicted octanol–water partition coefficient (Wildman–Crippen LogP) is 4.99. The fraction of sp³-hybridized carbons (Fsp3) is 0.600. The molecule has 1 nitrogen and oxygen atoms in total. The lowest BCUT2D eigenvalue weighted by molar-refractivity contribution is 0.304. The highest BCUT2D eigenvalue weighted by Gasteiger charge is 2.16. The molecule has 0 unspecified atom stereocenters. The number of halogens is 1. The van der Waals surface area contributed by atoms with Crippen LogP contribution >= 0.6 is 11.6 Å². The largest absolute Gasteiger partial charge is 0.385 e. The maximum atomic E-state index is 6.11. The molecule has 1 aromatic carbocycles. The van der Waals surface area contributed by atoms with Crippen LogP contribution in [-0.4, -0.2) is 6.54 Å². The molecule has 0 fully saturated rings. The van der Waals surface area contributed by atoms with E-state index in [1.54, 1.807) is 0 Å². The van der Waals surface area contributed by atoms with Crippen molar-refractivity contribution < 1.29 is 0 Å². The van der Waals surface area contributed by atoms with E-state index in [0.717, 1.165) is 22.8 Å². The van der Waals surface area contributed by atoms with Gasteiger partial charge in [-0.1, -0.05) is 45.4 Å². The van der Waals surface area contributed by atoms with E-state index < -0.39 is 0 Å². The van der Waals surface area contributed by atoms with Crippen LogP contribution < -0.4 is 5.32 Å². The zero-order valence-electron chi connectivity index (χ0n) is 11.5. The highest BCUT2D eigenvalue weighted by atomic mass is 35.5. The maximum absolute atomic E-state index is 6.11. The first-order chi connectivity index (χ1) is 7.91. The fourth-order valence-electron chi connectivity index (χ4n) is 2.18. The van der Waals surface area contributed by atoms with E-state index >= 15 is 0 Å². The zero-order chi connectivity index (χ0) is 13.0. The normalized spacial score (nSPS) is 11.6. The number of benzene rings is 1. The second-order valence-corrected chi connectivity index (χ2v) is 5.90. The van der Waals surface area contributed by atoms with Gasteiger partial charge in [-0.15, -0.1) is 0 Å². The standard InChI is InChI=1S/C15H24ClN/c1-10(2)14(11(3)4)9-17-13-7-6-12(5)15(16)8-13/h6-8,10-11,14,17H,9H2,1-5H3. The van der Waals surface area contributed by atoms with E-state index in [1.165, 1.54) is 0 Å². The van der Waals surface area contributed by atoms with E-state index in [0.29, 0.717) is 17.8 Å². The molecule has 0 heterocycles. The second-order valence-electron chi connectivity index (χ2n) is 5.50. The Bertz CT molecular complexity index is 350. The summed E-state index contributed by atoms with van der Waals surface area (Å²) < 4.78 is 0. The first-order valence-electron chi connectivity index (χ1n) is 6.41. The number of hydrogen-bond donors (Lipinski definition) is 1. The molecule has 1 N–H and O–H groups in total. The van der Waals surface area contributed by atoms with Crippen molar-refractivity contribution >= 4 is 17.3 Å². The SMILES string of the molecule is Cc1ccc(NCC(C(C)C)C(C)C)cc1Cl. The van der Waals surface area contributed by atoms with Crippen molar-refractivity contribution in [2.45, 2.75) is 34.6 Å². The molecular weight excluding hydrogens is 230 g/mol. The monoisotopic (exact) mass is 253 g/mol. The fourth-order valence-corrected chi connectivity index (χ4v) is 2.36. The summed E-state index contributed by atoms with van der Waals surface area (Å²) in [4.78, 5) is 0. The Morgan fingerprint density at radius 3 is 2.18 bits per heavy atom. The van der Waals surface area contributed by atoms with Crippen LogP contribution in [0.25, 0.3) is 0 Å². The van der Waals surface area contributed by atoms with E-state index in [1.807, 2.05) is 13.0 Å². The molecule has 0 spiro atoms. The van der Waals surface area contributed by atoms with Gasteiger partial charge in [0.2, 0.25) is 0 Å². The molecule has 17 heavy (non-hydrogen) atoms. The van der Waals surface area contributed by atoms with Gasteiger partial charge in [0.05, 0.1) is 0 Å². The van der Waals surface area contributed by atoms with Gasteiger partial charge in [0.15, 0.2) is 0 Å². The third-order valence-corrected chi connectivity index (χ3v) is 3.83. The van der Waals surface area contributed by atoms with Crippen LogP contribution in [0, 0.1) is 24.7 Å². The van der Waals surface area contributed by atoms with Crippen LogP contribution in [0.4, 0.5) is 5.69 Å². The Labute approximate surface area is 111 Å². The highest BCUT2D eigenvalue weighted by molar-refractivity contribution is 6.31. The van der Waals surface area contributed by atoms with E-state index in [9.17, 15) is 0 Å². The smallest absolute Gasteiger partial charge is 0.0455 e. The Kier molecular flexibility index (Phi) is 5.32. The highest BCUT2D eigenvalue weighted by Crippen LogP contribution is 2.23. The van der Waals surface area contributed by atoms with Crippen LogP contribution in [0.5, 0.6) is 0 Å². The van der Waals surface area contributed by atoms with Crippen LogP contribution in [0.3, 0.4) is 0 Å². The molecule has 0 aliphatic heterocycles. The minimum atomic E-state index is 0.690. The Morgan fingerprint density at radius 2 is 1.71 bits per heavy atom. The van der Waals surface area contributed by atoms with E-state index in [2.05, 4.69) is 45.1 Å². The summed E-state index contributed by atoms with van der Waals surface area (Å²) in [6.45, 7) is 12.2. The lowest BCUT2D eigenvalue weighted by Gasteiger charge is -2.25. The molecule has 0 radical (unpaired) electrons. The summed E-state index contributed by atoms with van der Waals surface area (Å²) >= 11 is 6.11.